The molecule has 1 atom stereocenters. The first-order valence-corrected chi connectivity index (χ1v) is 9.70. The maximum Gasteiger partial charge on any atom is 0.312 e. The van der Waals surface area contributed by atoms with Crippen LogP contribution in [0.15, 0.2) is 24.3 Å². The van der Waals surface area contributed by atoms with E-state index >= 15 is 0 Å². The Morgan fingerprint density at radius 1 is 1.21 bits per heavy atom. The quantitative estimate of drug-likeness (QED) is 0.705. The molecule has 1 heterocycles. The average molecular weight is 350 g/mol. The molecule has 132 valence electrons. The summed E-state index contributed by atoms with van der Waals surface area (Å²) in [6.07, 6.45) is 6.26. The van der Waals surface area contributed by atoms with E-state index in [1.807, 2.05) is 30.5 Å². The Hall–Kier alpha value is -1.89. The number of hydrogen-bond donors (Lipinski definition) is 3. The zero-order valence-electron chi connectivity index (χ0n) is 14.1. The number of nitrogens with one attached hydrogen (secondary N) is 2. The second-order valence-electron chi connectivity index (χ2n) is 5.93. The van der Waals surface area contributed by atoms with E-state index in [0.29, 0.717) is 6.42 Å². The number of rotatable bonds is 7. The number of nitrogens with two attached hydrogens (primary N) is 1. The fourth-order valence-corrected chi connectivity index (χ4v) is 3.28. The standard InChI is InChI=1S/C17H26N4O2S/c1-24-12-9-15(20-17(18)23)16(22)19-13-5-7-14(8-6-13)21-10-3-2-4-11-21/h5-8,15H,2-4,9-12H2,1H3,(H,19,22)(H3,18,20,23)/t15-/m1/s1. The number of piperidine rings is 1. The maximum atomic E-state index is 12.3. The van der Waals surface area contributed by atoms with Crippen LogP contribution in [0, 0.1) is 0 Å². The van der Waals surface area contributed by atoms with Gasteiger partial charge in [0.1, 0.15) is 6.04 Å². The molecule has 24 heavy (non-hydrogen) atoms. The molecule has 1 aliphatic rings. The average Bonchev–Trinajstić information content (AvgIpc) is 2.59. The highest BCUT2D eigenvalue weighted by molar-refractivity contribution is 7.98. The van der Waals surface area contributed by atoms with E-state index in [9.17, 15) is 9.59 Å². The van der Waals surface area contributed by atoms with Crippen LogP contribution in [0.3, 0.4) is 0 Å². The molecule has 1 aliphatic heterocycles. The highest BCUT2D eigenvalue weighted by Crippen LogP contribution is 2.22. The number of primary amides is 1. The first-order valence-electron chi connectivity index (χ1n) is 8.31. The molecule has 1 saturated heterocycles. The normalized spacial score (nSPS) is 15.6. The Morgan fingerprint density at radius 3 is 2.46 bits per heavy atom. The second kappa shape index (κ2) is 9.42. The van der Waals surface area contributed by atoms with Crippen LogP contribution in [0.25, 0.3) is 0 Å². The van der Waals surface area contributed by atoms with Crippen LogP contribution < -0.4 is 21.3 Å². The minimum atomic E-state index is -0.684. The SMILES string of the molecule is CSCC[C@@H](NC(N)=O)C(=O)Nc1ccc(N2CCCCC2)cc1. The summed E-state index contributed by atoms with van der Waals surface area (Å²) in [5, 5.41) is 5.35. The van der Waals surface area contributed by atoms with Crippen molar-refractivity contribution in [3.05, 3.63) is 24.3 Å². The van der Waals surface area contributed by atoms with Crippen molar-refractivity contribution in [1.29, 1.82) is 0 Å². The molecule has 2 rings (SSSR count). The number of amides is 3. The number of hydrogen-bond acceptors (Lipinski definition) is 4. The van der Waals surface area contributed by atoms with Crippen LogP contribution in [0.1, 0.15) is 25.7 Å². The number of anilines is 2. The van der Waals surface area contributed by atoms with Gasteiger partial charge in [-0.05, 0) is 62.0 Å². The number of benzene rings is 1. The zero-order valence-corrected chi connectivity index (χ0v) is 14.9. The van der Waals surface area contributed by atoms with Gasteiger partial charge >= 0.3 is 6.03 Å². The molecular formula is C17H26N4O2S. The van der Waals surface area contributed by atoms with E-state index in [2.05, 4.69) is 15.5 Å². The van der Waals surface area contributed by atoms with E-state index in [4.69, 9.17) is 5.73 Å². The minimum absolute atomic E-state index is 0.242. The van der Waals surface area contributed by atoms with Crippen LogP contribution >= 0.6 is 11.8 Å². The van der Waals surface area contributed by atoms with Gasteiger partial charge in [-0.1, -0.05) is 0 Å². The van der Waals surface area contributed by atoms with Gasteiger partial charge in [0.05, 0.1) is 0 Å². The van der Waals surface area contributed by atoms with Crippen molar-refractivity contribution in [3.8, 4) is 0 Å². The molecule has 1 fully saturated rings. The van der Waals surface area contributed by atoms with Gasteiger partial charge in [0.2, 0.25) is 5.91 Å². The van der Waals surface area contributed by atoms with Crippen LogP contribution in [0.2, 0.25) is 0 Å². The van der Waals surface area contributed by atoms with Gasteiger partial charge in [-0.3, -0.25) is 4.79 Å². The topological polar surface area (TPSA) is 87.5 Å². The number of thioether (sulfide) groups is 1. The summed E-state index contributed by atoms with van der Waals surface area (Å²) in [7, 11) is 0. The Balaban J connectivity index is 1.95. The predicted molar refractivity (Wildman–Crippen MR) is 101 cm³/mol. The summed E-state index contributed by atoms with van der Waals surface area (Å²) >= 11 is 1.62. The highest BCUT2D eigenvalue weighted by Gasteiger charge is 2.19. The Kier molecular flexibility index (Phi) is 7.24. The maximum absolute atomic E-state index is 12.3. The second-order valence-corrected chi connectivity index (χ2v) is 6.91. The van der Waals surface area contributed by atoms with Crippen LogP contribution in [0.5, 0.6) is 0 Å². The molecule has 1 aromatic rings. The fourth-order valence-electron chi connectivity index (χ4n) is 2.81. The predicted octanol–water partition coefficient (Wildman–Crippen LogP) is 2.41. The lowest BCUT2D eigenvalue weighted by molar-refractivity contribution is -0.117. The molecule has 0 saturated carbocycles. The highest BCUT2D eigenvalue weighted by atomic mass is 32.2. The molecule has 3 amide bonds. The van der Waals surface area contributed by atoms with Crippen LogP contribution in [-0.2, 0) is 4.79 Å². The van der Waals surface area contributed by atoms with Gasteiger partial charge in [-0.15, -0.1) is 0 Å². The fraction of sp³-hybridized carbons (Fsp3) is 0.529. The van der Waals surface area contributed by atoms with Crippen molar-refractivity contribution in [3.63, 3.8) is 0 Å². The van der Waals surface area contributed by atoms with Crippen LogP contribution in [0.4, 0.5) is 16.2 Å². The van der Waals surface area contributed by atoms with Crippen LogP contribution in [-0.4, -0.2) is 43.1 Å². The summed E-state index contributed by atoms with van der Waals surface area (Å²) in [5.74, 6) is 0.528. The summed E-state index contributed by atoms with van der Waals surface area (Å²) in [6.45, 7) is 2.18. The summed E-state index contributed by atoms with van der Waals surface area (Å²) in [5.41, 5.74) is 7.06. The van der Waals surface area contributed by atoms with Gasteiger partial charge in [0.25, 0.3) is 0 Å². The van der Waals surface area contributed by atoms with E-state index in [-0.39, 0.29) is 5.91 Å². The minimum Gasteiger partial charge on any atom is -0.372 e. The summed E-state index contributed by atoms with van der Waals surface area (Å²) in [4.78, 5) is 25.8. The van der Waals surface area contributed by atoms with E-state index < -0.39 is 12.1 Å². The molecule has 0 spiro atoms. The largest absolute Gasteiger partial charge is 0.372 e. The van der Waals surface area contributed by atoms with Crippen molar-refractivity contribution in [2.75, 3.05) is 35.3 Å². The number of carbonyl (C=O) groups is 2. The van der Waals surface area contributed by atoms with Gasteiger partial charge in [-0.25, -0.2) is 4.79 Å². The Bertz CT molecular complexity index is 544. The monoisotopic (exact) mass is 350 g/mol. The van der Waals surface area contributed by atoms with Gasteiger partial charge in [0.15, 0.2) is 0 Å². The molecule has 4 N–H and O–H groups in total. The van der Waals surface area contributed by atoms with E-state index in [0.717, 1.165) is 24.5 Å². The molecule has 7 heteroatoms. The van der Waals surface area contributed by atoms with E-state index in [1.54, 1.807) is 11.8 Å². The number of nitrogens with zero attached hydrogens (tertiary/aromatic N) is 1. The summed E-state index contributed by atoms with van der Waals surface area (Å²) in [6, 6.07) is 6.56. The van der Waals surface area contributed by atoms with Crippen molar-refractivity contribution >= 4 is 35.1 Å². The zero-order chi connectivity index (χ0) is 17.4. The third-order valence-electron chi connectivity index (χ3n) is 4.10. The molecule has 0 unspecified atom stereocenters. The third kappa shape index (κ3) is 5.63. The van der Waals surface area contributed by atoms with E-state index in [1.165, 1.54) is 24.9 Å². The Labute approximate surface area is 147 Å². The molecule has 0 aromatic heterocycles. The lowest BCUT2D eigenvalue weighted by Crippen LogP contribution is -2.46. The Morgan fingerprint density at radius 2 is 1.88 bits per heavy atom. The summed E-state index contributed by atoms with van der Waals surface area (Å²) < 4.78 is 0. The number of carbonyl (C=O) groups excluding carboxylic acids is 2. The lowest BCUT2D eigenvalue weighted by Gasteiger charge is -2.29. The lowest BCUT2D eigenvalue weighted by atomic mass is 10.1. The molecule has 0 aliphatic carbocycles. The van der Waals surface area contributed by atoms with Gasteiger partial charge < -0.3 is 21.3 Å². The molecule has 0 bridgehead atoms. The first-order chi connectivity index (χ1) is 11.6. The molecule has 1 aromatic carbocycles. The smallest absolute Gasteiger partial charge is 0.312 e. The first kappa shape index (κ1) is 18.4. The number of urea groups is 1. The van der Waals surface area contributed by atoms with Gasteiger partial charge in [-0.2, -0.15) is 11.8 Å². The van der Waals surface area contributed by atoms with Crippen molar-refractivity contribution in [1.82, 2.24) is 5.32 Å². The van der Waals surface area contributed by atoms with Gasteiger partial charge in [0, 0.05) is 24.5 Å². The molecular weight excluding hydrogens is 324 g/mol. The third-order valence-corrected chi connectivity index (χ3v) is 4.74. The van der Waals surface area contributed by atoms with Crippen molar-refractivity contribution in [2.45, 2.75) is 31.7 Å². The van der Waals surface area contributed by atoms with Crippen molar-refractivity contribution < 1.29 is 9.59 Å². The molecule has 0 radical (unpaired) electrons. The van der Waals surface area contributed by atoms with Crippen molar-refractivity contribution in [2.24, 2.45) is 5.73 Å². The molecule has 6 nitrogen and oxygen atoms in total.